The van der Waals surface area contributed by atoms with Crippen molar-refractivity contribution < 1.29 is 4.79 Å². The second-order valence-electron chi connectivity index (χ2n) is 4.35. The zero-order valence-electron chi connectivity index (χ0n) is 10.2. The molecule has 0 aliphatic carbocycles. The smallest absolute Gasteiger partial charge is 0.236 e. The lowest BCUT2D eigenvalue weighted by molar-refractivity contribution is -0.122. The van der Waals surface area contributed by atoms with Crippen LogP contribution < -0.4 is 11.1 Å². The van der Waals surface area contributed by atoms with Gasteiger partial charge in [0.2, 0.25) is 5.91 Å². The molecule has 0 saturated heterocycles. The van der Waals surface area contributed by atoms with Crippen molar-refractivity contribution in [2.75, 3.05) is 18.6 Å². The Morgan fingerprint density at radius 1 is 1.40 bits per heavy atom. The molecule has 0 fully saturated rings. The van der Waals surface area contributed by atoms with Crippen LogP contribution in [-0.4, -0.2) is 30.5 Å². The summed E-state index contributed by atoms with van der Waals surface area (Å²) in [6.07, 6.45) is 2.77. The Bertz CT molecular complexity index is 185. The summed E-state index contributed by atoms with van der Waals surface area (Å²) in [5.41, 5.74) is 5.74. The van der Waals surface area contributed by atoms with Crippen LogP contribution in [0.25, 0.3) is 0 Å². The highest BCUT2D eigenvalue weighted by molar-refractivity contribution is 7.98. The second kappa shape index (κ2) is 7.99. The molecule has 3 N–H and O–H groups in total. The normalized spacial score (nSPS) is 15.1. The van der Waals surface area contributed by atoms with E-state index in [0.717, 1.165) is 18.7 Å². The number of carbonyl (C=O) groups excluding carboxylic acids is 1. The minimum Gasteiger partial charge on any atom is -0.354 e. The first kappa shape index (κ1) is 14.8. The Hall–Kier alpha value is -0.220. The van der Waals surface area contributed by atoms with E-state index in [1.165, 1.54) is 0 Å². The lowest BCUT2D eigenvalue weighted by Crippen LogP contribution is -2.42. The second-order valence-corrected chi connectivity index (χ2v) is 5.34. The standard InChI is InChI=1S/C11H24N2OS/c1-8(2)9(3)7-13-11(14)10(12)5-6-15-4/h8-10H,5-7,12H2,1-4H3,(H,13,14)/t9?,10-/m0/s1. The van der Waals surface area contributed by atoms with Gasteiger partial charge in [-0.1, -0.05) is 20.8 Å². The third kappa shape index (κ3) is 6.79. The lowest BCUT2D eigenvalue weighted by atomic mass is 9.98. The van der Waals surface area contributed by atoms with E-state index in [-0.39, 0.29) is 11.9 Å². The molecule has 0 spiro atoms. The summed E-state index contributed by atoms with van der Waals surface area (Å²) in [5, 5.41) is 2.90. The third-order valence-corrected chi connectivity index (χ3v) is 3.35. The molecule has 90 valence electrons. The molecular weight excluding hydrogens is 208 g/mol. The first-order valence-corrected chi connectivity index (χ1v) is 6.90. The van der Waals surface area contributed by atoms with Gasteiger partial charge in [0.15, 0.2) is 0 Å². The van der Waals surface area contributed by atoms with Crippen molar-refractivity contribution in [2.24, 2.45) is 17.6 Å². The largest absolute Gasteiger partial charge is 0.354 e. The summed E-state index contributed by atoms with van der Waals surface area (Å²) < 4.78 is 0. The summed E-state index contributed by atoms with van der Waals surface area (Å²) in [6.45, 7) is 7.18. The van der Waals surface area contributed by atoms with Gasteiger partial charge in [0.25, 0.3) is 0 Å². The molecular formula is C11H24N2OS. The topological polar surface area (TPSA) is 55.1 Å². The molecule has 0 radical (unpaired) electrons. The molecule has 0 rings (SSSR count). The van der Waals surface area contributed by atoms with Gasteiger partial charge in [0.1, 0.15) is 0 Å². The van der Waals surface area contributed by atoms with Crippen LogP contribution in [0.3, 0.4) is 0 Å². The zero-order chi connectivity index (χ0) is 11.8. The quantitative estimate of drug-likeness (QED) is 0.699. The zero-order valence-corrected chi connectivity index (χ0v) is 11.1. The molecule has 1 unspecified atom stereocenters. The highest BCUT2D eigenvalue weighted by Crippen LogP contribution is 2.07. The van der Waals surface area contributed by atoms with E-state index in [9.17, 15) is 4.79 Å². The highest BCUT2D eigenvalue weighted by atomic mass is 32.2. The molecule has 0 saturated carbocycles. The van der Waals surface area contributed by atoms with Crippen LogP contribution in [0.2, 0.25) is 0 Å². The summed E-state index contributed by atoms with van der Waals surface area (Å²) >= 11 is 1.72. The van der Waals surface area contributed by atoms with E-state index in [1.807, 2.05) is 6.26 Å². The van der Waals surface area contributed by atoms with Gasteiger partial charge in [-0.25, -0.2) is 0 Å². The highest BCUT2D eigenvalue weighted by Gasteiger charge is 2.14. The molecule has 2 atom stereocenters. The predicted octanol–water partition coefficient (Wildman–Crippen LogP) is 1.48. The van der Waals surface area contributed by atoms with Crippen molar-refractivity contribution in [1.82, 2.24) is 5.32 Å². The van der Waals surface area contributed by atoms with Gasteiger partial charge < -0.3 is 11.1 Å². The van der Waals surface area contributed by atoms with Crippen molar-refractivity contribution >= 4 is 17.7 Å². The average Bonchev–Trinajstić information content (AvgIpc) is 2.21. The van der Waals surface area contributed by atoms with Crippen LogP contribution in [-0.2, 0) is 4.79 Å². The van der Waals surface area contributed by atoms with Gasteiger partial charge in [-0.15, -0.1) is 0 Å². The minimum absolute atomic E-state index is 0.0171. The van der Waals surface area contributed by atoms with Crippen LogP contribution in [0.1, 0.15) is 27.2 Å². The van der Waals surface area contributed by atoms with E-state index >= 15 is 0 Å². The molecule has 15 heavy (non-hydrogen) atoms. The molecule has 0 heterocycles. The number of rotatable bonds is 7. The number of hydrogen-bond acceptors (Lipinski definition) is 3. The van der Waals surface area contributed by atoms with E-state index in [1.54, 1.807) is 11.8 Å². The van der Waals surface area contributed by atoms with Gasteiger partial charge in [-0.05, 0) is 30.3 Å². The fraction of sp³-hybridized carbons (Fsp3) is 0.909. The summed E-state index contributed by atoms with van der Waals surface area (Å²) in [4.78, 5) is 11.5. The molecule has 1 amide bonds. The maximum atomic E-state index is 11.5. The SMILES string of the molecule is CSCC[C@H](N)C(=O)NCC(C)C(C)C. The van der Waals surface area contributed by atoms with Crippen LogP contribution in [0.4, 0.5) is 0 Å². The van der Waals surface area contributed by atoms with Gasteiger partial charge in [0, 0.05) is 6.54 Å². The van der Waals surface area contributed by atoms with Crippen LogP contribution >= 0.6 is 11.8 Å². The Morgan fingerprint density at radius 3 is 2.47 bits per heavy atom. The average molecular weight is 232 g/mol. The molecule has 4 heteroatoms. The lowest BCUT2D eigenvalue weighted by Gasteiger charge is -2.18. The van der Waals surface area contributed by atoms with E-state index in [0.29, 0.717) is 11.8 Å². The first-order valence-electron chi connectivity index (χ1n) is 5.51. The number of nitrogens with one attached hydrogen (secondary N) is 1. The van der Waals surface area contributed by atoms with E-state index in [2.05, 4.69) is 26.1 Å². The minimum atomic E-state index is -0.350. The third-order valence-electron chi connectivity index (χ3n) is 2.71. The Labute approximate surface area is 97.6 Å². The Morgan fingerprint density at radius 2 is 2.00 bits per heavy atom. The van der Waals surface area contributed by atoms with Crippen LogP contribution in [0.5, 0.6) is 0 Å². The number of amides is 1. The van der Waals surface area contributed by atoms with E-state index < -0.39 is 0 Å². The van der Waals surface area contributed by atoms with Crippen molar-refractivity contribution in [3.8, 4) is 0 Å². The predicted molar refractivity (Wildman–Crippen MR) is 68.0 cm³/mol. The first-order chi connectivity index (χ1) is 6.99. The summed E-state index contributed by atoms with van der Waals surface area (Å²) in [6, 6.07) is -0.350. The fourth-order valence-electron chi connectivity index (χ4n) is 1.00. The van der Waals surface area contributed by atoms with Crippen molar-refractivity contribution in [3.63, 3.8) is 0 Å². The fourth-order valence-corrected chi connectivity index (χ4v) is 1.49. The maximum absolute atomic E-state index is 11.5. The van der Waals surface area contributed by atoms with E-state index in [4.69, 9.17) is 5.73 Å². The summed E-state index contributed by atoms with van der Waals surface area (Å²) in [5.74, 6) is 2.01. The molecule has 0 bridgehead atoms. The number of hydrogen-bond donors (Lipinski definition) is 2. The molecule has 0 aliphatic heterocycles. The van der Waals surface area contributed by atoms with Gasteiger partial charge >= 0.3 is 0 Å². The molecule has 3 nitrogen and oxygen atoms in total. The molecule has 0 aliphatic rings. The Kier molecular flexibility index (Phi) is 7.88. The maximum Gasteiger partial charge on any atom is 0.236 e. The molecule has 0 aromatic carbocycles. The summed E-state index contributed by atoms with van der Waals surface area (Å²) in [7, 11) is 0. The van der Waals surface area contributed by atoms with Crippen molar-refractivity contribution in [3.05, 3.63) is 0 Å². The molecule has 0 aromatic rings. The van der Waals surface area contributed by atoms with Gasteiger partial charge in [0.05, 0.1) is 6.04 Å². The number of nitrogens with two attached hydrogens (primary N) is 1. The van der Waals surface area contributed by atoms with Gasteiger partial charge in [-0.2, -0.15) is 11.8 Å². The number of thioether (sulfide) groups is 1. The van der Waals surface area contributed by atoms with Gasteiger partial charge in [-0.3, -0.25) is 4.79 Å². The Balaban J connectivity index is 3.73. The molecule has 0 aromatic heterocycles. The monoisotopic (exact) mass is 232 g/mol. The van der Waals surface area contributed by atoms with Crippen molar-refractivity contribution in [2.45, 2.75) is 33.2 Å². The number of carbonyl (C=O) groups is 1. The van der Waals surface area contributed by atoms with Crippen molar-refractivity contribution in [1.29, 1.82) is 0 Å². The van der Waals surface area contributed by atoms with Crippen LogP contribution in [0, 0.1) is 11.8 Å². The van der Waals surface area contributed by atoms with Crippen LogP contribution in [0.15, 0.2) is 0 Å².